The quantitative estimate of drug-likeness (QED) is 0.710. The van der Waals surface area contributed by atoms with E-state index in [2.05, 4.69) is 39.2 Å². The van der Waals surface area contributed by atoms with Gasteiger partial charge in [-0.15, -0.1) is 0 Å². The van der Waals surface area contributed by atoms with Crippen LogP contribution in [0.15, 0.2) is 65.7 Å². The number of nitrogens with one attached hydrogen (secondary N) is 1. The molecule has 0 amide bonds. The largest absolute Gasteiger partial charge is 0.311 e. The molecule has 0 atom stereocenters. The van der Waals surface area contributed by atoms with Gasteiger partial charge in [-0.3, -0.25) is 9.78 Å². The lowest BCUT2D eigenvalue weighted by molar-refractivity contribution is 0.705. The second-order valence-electron chi connectivity index (χ2n) is 5.51. The SMILES string of the molecule is O=c1cc(-c2ccncc2)nc(CCCCc2ccccc2)[nH]1. The van der Waals surface area contributed by atoms with Crippen LogP contribution in [0.1, 0.15) is 24.2 Å². The second-order valence-corrected chi connectivity index (χ2v) is 5.51. The fourth-order valence-electron chi connectivity index (χ4n) is 2.56. The van der Waals surface area contributed by atoms with Crippen molar-refractivity contribution in [1.29, 1.82) is 0 Å². The van der Waals surface area contributed by atoms with E-state index >= 15 is 0 Å². The average Bonchev–Trinajstić information content (AvgIpc) is 2.60. The second kappa shape index (κ2) is 7.49. The fourth-order valence-corrected chi connectivity index (χ4v) is 2.56. The lowest BCUT2D eigenvalue weighted by Gasteiger charge is -2.05. The molecule has 0 radical (unpaired) electrons. The summed E-state index contributed by atoms with van der Waals surface area (Å²) in [4.78, 5) is 23.2. The van der Waals surface area contributed by atoms with Crippen LogP contribution < -0.4 is 5.56 Å². The third kappa shape index (κ3) is 4.36. The minimum atomic E-state index is -0.107. The number of benzene rings is 1. The summed E-state index contributed by atoms with van der Waals surface area (Å²) in [5.74, 6) is 0.748. The van der Waals surface area contributed by atoms with E-state index in [1.165, 1.54) is 11.6 Å². The number of pyridine rings is 1. The first-order valence-electron chi connectivity index (χ1n) is 7.86. The van der Waals surface area contributed by atoms with Crippen LogP contribution in [-0.2, 0) is 12.8 Å². The van der Waals surface area contributed by atoms with Crippen molar-refractivity contribution in [3.05, 3.63) is 82.7 Å². The van der Waals surface area contributed by atoms with Gasteiger partial charge in [0.25, 0.3) is 5.56 Å². The zero-order chi connectivity index (χ0) is 15.9. The average molecular weight is 305 g/mol. The van der Waals surface area contributed by atoms with Crippen molar-refractivity contribution < 1.29 is 0 Å². The smallest absolute Gasteiger partial charge is 0.251 e. The Kier molecular flexibility index (Phi) is 4.94. The number of hydrogen-bond donors (Lipinski definition) is 1. The Morgan fingerprint density at radius 3 is 2.43 bits per heavy atom. The Balaban J connectivity index is 1.62. The maximum atomic E-state index is 11.8. The van der Waals surface area contributed by atoms with Gasteiger partial charge in [-0.25, -0.2) is 4.98 Å². The Labute approximate surface area is 135 Å². The summed E-state index contributed by atoms with van der Waals surface area (Å²) in [6.07, 6.45) is 7.32. The third-order valence-corrected chi connectivity index (χ3v) is 3.74. The molecular formula is C19H19N3O. The molecule has 0 aliphatic carbocycles. The van der Waals surface area contributed by atoms with E-state index in [4.69, 9.17) is 0 Å². The molecule has 0 unspecified atom stereocenters. The lowest BCUT2D eigenvalue weighted by Crippen LogP contribution is -2.11. The number of nitrogens with zero attached hydrogens (tertiary/aromatic N) is 2. The maximum Gasteiger partial charge on any atom is 0.251 e. The lowest BCUT2D eigenvalue weighted by atomic mass is 10.1. The van der Waals surface area contributed by atoms with Crippen LogP contribution in [0.25, 0.3) is 11.3 Å². The van der Waals surface area contributed by atoms with Gasteiger partial charge in [-0.2, -0.15) is 0 Å². The molecule has 2 heterocycles. The zero-order valence-corrected chi connectivity index (χ0v) is 12.9. The summed E-state index contributed by atoms with van der Waals surface area (Å²) in [6.45, 7) is 0. The standard InChI is InChI=1S/C19H19N3O/c23-19-14-17(16-10-12-20-13-11-16)21-18(22-19)9-5-4-8-15-6-2-1-3-7-15/h1-3,6-7,10-14H,4-5,8-9H2,(H,21,22,23). The zero-order valence-electron chi connectivity index (χ0n) is 12.9. The highest BCUT2D eigenvalue weighted by molar-refractivity contribution is 5.57. The molecule has 4 nitrogen and oxygen atoms in total. The molecule has 0 bridgehead atoms. The third-order valence-electron chi connectivity index (χ3n) is 3.74. The van der Waals surface area contributed by atoms with Crippen LogP contribution in [0.5, 0.6) is 0 Å². The molecule has 1 aromatic carbocycles. The first kappa shape index (κ1) is 15.2. The van der Waals surface area contributed by atoms with Gasteiger partial charge in [0.1, 0.15) is 5.82 Å². The van der Waals surface area contributed by atoms with Gasteiger partial charge in [0.05, 0.1) is 5.69 Å². The molecular weight excluding hydrogens is 286 g/mol. The van der Waals surface area contributed by atoms with Gasteiger partial charge in [-0.05, 0) is 37.0 Å². The molecule has 1 N–H and O–H groups in total. The Bertz CT molecular complexity index is 798. The van der Waals surface area contributed by atoms with E-state index in [9.17, 15) is 4.79 Å². The predicted molar refractivity (Wildman–Crippen MR) is 91.2 cm³/mol. The molecule has 0 saturated carbocycles. The van der Waals surface area contributed by atoms with Crippen LogP contribution in [-0.4, -0.2) is 15.0 Å². The molecule has 0 fully saturated rings. The van der Waals surface area contributed by atoms with Crippen molar-refractivity contribution in [3.8, 4) is 11.3 Å². The number of aromatic nitrogens is 3. The van der Waals surface area contributed by atoms with Gasteiger partial charge in [0.15, 0.2) is 0 Å². The number of unbranched alkanes of at least 4 members (excludes halogenated alkanes) is 1. The van der Waals surface area contributed by atoms with Crippen LogP contribution in [0, 0.1) is 0 Å². The van der Waals surface area contributed by atoms with E-state index in [1.54, 1.807) is 12.4 Å². The minimum Gasteiger partial charge on any atom is -0.311 e. The number of H-pyrrole nitrogens is 1. The number of rotatable bonds is 6. The molecule has 0 aliphatic rings. The van der Waals surface area contributed by atoms with Crippen LogP contribution >= 0.6 is 0 Å². The maximum absolute atomic E-state index is 11.8. The fraction of sp³-hybridized carbons (Fsp3) is 0.211. The van der Waals surface area contributed by atoms with Crippen molar-refractivity contribution >= 4 is 0 Å². The molecule has 0 saturated heterocycles. The summed E-state index contributed by atoms with van der Waals surface area (Å²) in [5.41, 5.74) is 2.86. The number of hydrogen-bond acceptors (Lipinski definition) is 3. The van der Waals surface area contributed by atoms with Gasteiger partial charge in [0.2, 0.25) is 0 Å². The highest BCUT2D eigenvalue weighted by Crippen LogP contribution is 2.14. The number of aryl methyl sites for hydroxylation is 2. The van der Waals surface area contributed by atoms with Crippen LogP contribution in [0.2, 0.25) is 0 Å². The first-order chi connectivity index (χ1) is 11.3. The topological polar surface area (TPSA) is 58.6 Å². The van der Waals surface area contributed by atoms with E-state index in [-0.39, 0.29) is 5.56 Å². The van der Waals surface area contributed by atoms with Gasteiger partial charge < -0.3 is 4.98 Å². The minimum absolute atomic E-state index is 0.107. The molecule has 0 spiro atoms. The van der Waals surface area contributed by atoms with Crippen LogP contribution in [0.3, 0.4) is 0 Å². The van der Waals surface area contributed by atoms with E-state index < -0.39 is 0 Å². The van der Waals surface area contributed by atoms with E-state index in [1.807, 2.05) is 18.2 Å². The molecule has 0 aliphatic heterocycles. The molecule has 2 aromatic heterocycles. The summed E-state index contributed by atoms with van der Waals surface area (Å²) >= 11 is 0. The highest BCUT2D eigenvalue weighted by Gasteiger charge is 2.04. The van der Waals surface area contributed by atoms with Crippen molar-refractivity contribution in [2.45, 2.75) is 25.7 Å². The Hall–Kier alpha value is -2.75. The predicted octanol–water partition coefficient (Wildman–Crippen LogP) is 3.40. The normalized spacial score (nSPS) is 10.6. The van der Waals surface area contributed by atoms with Crippen molar-refractivity contribution in [2.24, 2.45) is 0 Å². The Morgan fingerprint density at radius 2 is 1.65 bits per heavy atom. The molecule has 116 valence electrons. The molecule has 3 rings (SSSR count). The van der Waals surface area contributed by atoms with E-state index in [0.717, 1.165) is 37.1 Å². The summed E-state index contributed by atoms with van der Waals surface area (Å²) in [5, 5.41) is 0. The van der Waals surface area contributed by atoms with Crippen molar-refractivity contribution in [1.82, 2.24) is 15.0 Å². The molecule has 23 heavy (non-hydrogen) atoms. The monoisotopic (exact) mass is 305 g/mol. The summed E-state index contributed by atoms with van der Waals surface area (Å²) in [6, 6.07) is 15.7. The molecule has 4 heteroatoms. The van der Waals surface area contributed by atoms with Gasteiger partial charge in [0, 0.05) is 30.4 Å². The summed E-state index contributed by atoms with van der Waals surface area (Å²) < 4.78 is 0. The van der Waals surface area contributed by atoms with E-state index in [0.29, 0.717) is 5.69 Å². The van der Waals surface area contributed by atoms with Crippen molar-refractivity contribution in [3.63, 3.8) is 0 Å². The highest BCUT2D eigenvalue weighted by atomic mass is 16.1. The number of aromatic amines is 1. The summed E-state index contributed by atoms with van der Waals surface area (Å²) in [7, 11) is 0. The van der Waals surface area contributed by atoms with Crippen molar-refractivity contribution in [2.75, 3.05) is 0 Å². The Morgan fingerprint density at radius 1 is 0.913 bits per heavy atom. The van der Waals surface area contributed by atoms with Gasteiger partial charge >= 0.3 is 0 Å². The molecule has 3 aromatic rings. The van der Waals surface area contributed by atoms with Gasteiger partial charge in [-0.1, -0.05) is 30.3 Å². The first-order valence-corrected chi connectivity index (χ1v) is 7.86. The van der Waals surface area contributed by atoms with Crippen LogP contribution in [0.4, 0.5) is 0 Å².